The highest BCUT2D eigenvalue weighted by Crippen LogP contribution is 2.26. The predicted octanol–water partition coefficient (Wildman–Crippen LogP) is 3.35. The fraction of sp³-hybridized carbons (Fsp3) is 0. The molecule has 4 nitrogen and oxygen atoms in total. The summed E-state index contributed by atoms with van der Waals surface area (Å²) < 4.78 is 1.70. The van der Waals surface area contributed by atoms with Gasteiger partial charge in [-0.2, -0.15) is 0 Å². The van der Waals surface area contributed by atoms with Crippen molar-refractivity contribution in [3.8, 4) is 11.3 Å². The summed E-state index contributed by atoms with van der Waals surface area (Å²) in [5.41, 5.74) is 1.90. The first-order chi connectivity index (χ1) is 9.16. The number of imidazole rings is 1. The number of carboxylic acid groups (broad SMARTS) is 1. The molecule has 2 aromatic heterocycles. The van der Waals surface area contributed by atoms with E-state index >= 15 is 0 Å². The maximum Gasteiger partial charge on any atom is 0.356 e. The van der Waals surface area contributed by atoms with Crippen molar-refractivity contribution in [3.05, 3.63) is 59.4 Å². The summed E-state index contributed by atoms with van der Waals surface area (Å²) in [6.45, 7) is 0. The van der Waals surface area contributed by atoms with Gasteiger partial charge in [-0.1, -0.05) is 41.9 Å². The highest BCUT2D eigenvalue weighted by atomic mass is 35.5. The molecule has 2 heterocycles. The number of benzene rings is 1. The van der Waals surface area contributed by atoms with Crippen molar-refractivity contribution in [2.24, 2.45) is 0 Å². The Bertz CT molecular complexity index is 766. The third-order valence-corrected chi connectivity index (χ3v) is 3.06. The molecule has 94 valence electrons. The number of hydrogen-bond acceptors (Lipinski definition) is 2. The van der Waals surface area contributed by atoms with Crippen molar-refractivity contribution in [2.75, 3.05) is 0 Å². The van der Waals surface area contributed by atoms with Crippen molar-refractivity contribution >= 4 is 23.2 Å². The van der Waals surface area contributed by atoms with E-state index in [0.29, 0.717) is 16.4 Å². The first-order valence-electron chi connectivity index (χ1n) is 5.63. The monoisotopic (exact) mass is 272 g/mol. The van der Waals surface area contributed by atoms with Crippen molar-refractivity contribution < 1.29 is 9.90 Å². The average Bonchev–Trinajstić information content (AvgIpc) is 2.78. The van der Waals surface area contributed by atoms with E-state index in [4.69, 9.17) is 11.6 Å². The van der Waals surface area contributed by atoms with Gasteiger partial charge in [0.2, 0.25) is 0 Å². The zero-order chi connectivity index (χ0) is 13.4. The lowest BCUT2D eigenvalue weighted by atomic mass is 10.1. The molecule has 0 bridgehead atoms. The topological polar surface area (TPSA) is 54.6 Å². The van der Waals surface area contributed by atoms with E-state index in [9.17, 15) is 9.90 Å². The van der Waals surface area contributed by atoms with E-state index < -0.39 is 5.97 Å². The fourth-order valence-corrected chi connectivity index (χ4v) is 2.20. The van der Waals surface area contributed by atoms with Crippen molar-refractivity contribution in [2.45, 2.75) is 0 Å². The molecule has 0 aliphatic heterocycles. The van der Waals surface area contributed by atoms with E-state index in [0.717, 1.165) is 5.56 Å². The summed E-state index contributed by atoms with van der Waals surface area (Å²) in [5.74, 6) is -1.06. The van der Waals surface area contributed by atoms with Crippen molar-refractivity contribution in [1.29, 1.82) is 0 Å². The van der Waals surface area contributed by atoms with Crippen LogP contribution in [0.25, 0.3) is 16.9 Å². The maximum atomic E-state index is 11.3. The number of nitrogens with zero attached hydrogens (tertiary/aromatic N) is 2. The minimum atomic E-state index is -1.06. The zero-order valence-electron chi connectivity index (χ0n) is 9.75. The third kappa shape index (κ3) is 1.96. The minimum absolute atomic E-state index is 0.0217. The molecule has 1 N–H and O–H groups in total. The van der Waals surface area contributed by atoms with Gasteiger partial charge in [0, 0.05) is 11.8 Å². The molecule has 3 aromatic rings. The molecule has 5 heteroatoms. The third-order valence-electron chi connectivity index (χ3n) is 2.83. The summed E-state index contributed by atoms with van der Waals surface area (Å²) in [6, 6.07) is 12.6. The highest BCUT2D eigenvalue weighted by Gasteiger charge is 2.19. The number of rotatable bonds is 2. The van der Waals surface area contributed by atoms with Gasteiger partial charge in [-0.3, -0.25) is 4.40 Å². The lowest BCUT2D eigenvalue weighted by Gasteiger charge is -2.03. The van der Waals surface area contributed by atoms with Crippen LogP contribution in [0.2, 0.25) is 5.02 Å². The second-order valence-electron chi connectivity index (χ2n) is 4.06. The average molecular weight is 273 g/mol. The largest absolute Gasteiger partial charge is 0.476 e. The van der Waals surface area contributed by atoms with Crippen LogP contribution in [-0.2, 0) is 0 Å². The Kier molecular flexibility index (Phi) is 2.72. The van der Waals surface area contributed by atoms with E-state index in [2.05, 4.69) is 4.98 Å². The second-order valence-corrected chi connectivity index (χ2v) is 4.49. The van der Waals surface area contributed by atoms with Gasteiger partial charge < -0.3 is 5.11 Å². The number of halogens is 1. The normalized spacial score (nSPS) is 10.8. The van der Waals surface area contributed by atoms with Gasteiger partial charge in [0.25, 0.3) is 0 Å². The molecule has 19 heavy (non-hydrogen) atoms. The Labute approximate surface area is 113 Å². The number of carboxylic acids is 1. The zero-order valence-corrected chi connectivity index (χ0v) is 10.5. The summed E-state index contributed by atoms with van der Waals surface area (Å²) >= 11 is 5.97. The number of carbonyl (C=O) groups is 1. The Morgan fingerprint density at radius 2 is 1.89 bits per heavy atom. The molecule has 0 saturated carbocycles. The van der Waals surface area contributed by atoms with E-state index in [1.54, 1.807) is 22.7 Å². The smallest absolute Gasteiger partial charge is 0.356 e. The van der Waals surface area contributed by atoms with Gasteiger partial charge in [0.05, 0.1) is 10.7 Å². The Balaban J connectivity index is 2.40. The van der Waals surface area contributed by atoms with Crippen LogP contribution < -0.4 is 0 Å². The van der Waals surface area contributed by atoms with Crippen LogP contribution in [0.15, 0.2) is 48.7 Å². The molecule has 3 rings (SSSR count). The SMILES string of the molecule is O=C(O)c1nc2ccc(Cl)cn2c1-c1ccccc1. The fourth-order valence-electron chi connectivity index (χ4n) is 2.04. The lowest BCUT2D eigenvalue weighted by molar-refractivity contribution is 0.0692. The summed E-state index contributed by atoms with van der Waals surface area (Å²) in [4.78, 5) is 15.5. The molecule has 0 amide bonds. The molecule has 0 atom stereocenters. The Morgan fingerprint density at radius 1 is 1.16 bits per heavy atom. The molecular weight excluding hydrogens is 264 g/mol. The highest BCUT2D eigenvalue weighted by molar-refractivity contribution is 6.30. The van der Waals surface area contributed by atoms with Gasteiger partial charge >= 0.3 is 5.97 Å². The van der Waals surface area contributed by atoms with Crippen LogP contribution in [0.3, 0.4) is 0 Å². The van der Waals surface area contributed by atoms with E-state index in [-0.39, 0.29) is 5.69 Å². The summed E-state index contributed by atoms with van der Waals surface area (Å²) in [5, 5.41) is 9.82. The molecule has 0 radical (unpaired) electrons. The second kappa shape index (κ2) is 4.40. The molecule has 0 unspecified atom stereocenters. The molecular formula is C14H9ClN2O2. The van der Waals surface area contributed by atoms with Crippen LogP contribution in [0, 0.1) is 0 Å². The van der Waals surface area contributed by atoms with Gasteiger partial charge in [-0.15, -0.1) is 0 Å². The van der Waals surface area contributed by atoms with Crippen LogP contribution in [0.1, 0.15) is 10.5 Å². The maximum absolute atomic E-state index is 11.3. The number of hydrogen-bond donors (Lipinski definition) is 1. The first-order valence-corrected chi connectivity index (χ1v) is 6.01. The van der Waals surface area contributed by atoms with E-state index in [1.165, 1.54) is 0 Å². The molecule has 0 aliphatic rings. The lowest BCUT2D eigenvalue weighted by Crippen LogP contribution is -2.00. The quantitative estimate of drug-likeness (QED) is 0.778. The first kappa shape index (κ1) is 11.7. The van der Waals surface area contributed by atoms with Crippen LogP contribution in [0.5, 0.6) is 0 Å². The van der Waals surface area contributed by atoms with E-state index in [1.807, 2.05) is 30.3 Å². The minimum Gasteiger partial charge on any atom is -0.476 e. The predicted molar refractivity (Wildman–Crippen MR) is 72.6 cm³/mol. The standard InChI is InChI=1S/C14H9ClN2O2/c15-10-6-7-11-16-12(14(18)19)13(17(11)8-10)9-4-2-1-3-5-9/h1-8H,(H,18,19). The molecule has 0 fully saturated rings. The number of aromatic nitrogens is 2. The molecule has 0 spiro atoms. The van der Waals surface area contributed by atoms with Gasteiger partial charge in [-0.05, 0) is 12.1 Å². The van der Waals surface area contributed by atoms with Gasteiger partial charge in [0.15, 0.2) is 5.69 Å². The Hall–Kier alpha value is -2.33. The van der Waals surface area contributed by atoms with Gasteiger partial charge in [0.1, 0.15) is 5.65 Å². The molecule has 0 saturated heterocycles. The molecule has 0 aliphatic carbocycles. The van der Waals surface area contributed by atoms with Crippen molar-refractivity contribution in [3.63, 3.8) is 0 Å². The summed E-state index contributed by atoms with van der Waals surface area (Å²) in [7, 11) is 0. The van der Waals surface area contributed by atoms with Crippen LogP contribution >= 0.6 is 11.6 Å². The Morgan fingerprint density at radius 3 is 2.58 bits per heavy atom. The number of aromatic carboxylic acids is 1. The molecule has 1 aromatic carbocycles. The van der Waals surface area contributed by atoms with Crippen LogP contribution in [0.4, 0.5) is 0 Å². The number of pyridine rings is 1. The van der Waals surface area contributed by atoms with Crippen LogP contribution in [-0.4, -0.2) is 20.5 Å². The number of fused-ring (bicyclic) bond motifs is 1. The van der Waals surface area contributed by atoms with Gasteiger partial charge in [-0.25, -0.2) is 9.78 Å². The van der Waals surface area contributed by atoms with Crippen molar-refractivity contribution in [1.82, 2.24) is 9.38 Å². The summed E-state index contributed by atoms with van der Waals surface area (Å²) in [6.07, 6.45) is 1.67.